The highest BCUT2D eigenvalue weighted by atomic mass is 31.2. The molecule has 0 atom stereocenters. The van der Waals surface area contributed by atoms with Gasteiger partial charge in [0.1, 0.15) is 0 Å². The minimum absolute atomic E-state index is 0.329. The van der Waals surface area contributed by atoms with Crippen LogP contribution >= 0.6 is 7.82 Å². The van der Waals surface area contributed by atoms with Crippen LogP contribution in [-0.2, 0) is 18.6 Å². The number of aliphatic hydroxyl groups is 1. The van der Waals surface area contributed by atoms with Gasteiger partial charge >= 0.3 is 13.8 Å². The SMILES string of the molecule is C=C(C)C(=O)OC.O=P(O)(O)OCCO. The minimum Gasteiger partial charge on any atom is -0.466 e. The number of carbonyl (C=O) groups is 1. The summed E-state index contributed by atoms with van der Waals surface area (Å²) in [6, 6.07) is 0. The molecule has 0 fully saturated rings. The van der Waals surface area contributed by atoms with Crippen LogP contribution < -0.4 is 0 Å². The lowest BCUT2D eigenvalue weighted by Crippen LogP contribution is -1.98. The predicted octanol–water partition coefficient (Wildman–Crippen LogP) is -0.177. The van der Waals surface area contributed by atoms with Crippen LogP contribution in [0.4, 0.5) is 0 Å². The van der Waals surface area contributed by atoms with E-state index in [0.717, 1.165) is 0 Å². The second-order valence-corrected chi connectivity index (χ2v) is 3.56. The minimum atomic E-state index is -4.34. The first kappa shape index (κ1) is 16.7. The molecule has 0 spiro atoms. The summed E-state index contributed by atoms with van der Waals surface area (Å²) in [6.07, 6.45) is 0. The van der Waals surface area contributed by atoms with Crippen LogP contribution in [-0.4, -0.2) is 41.2 Å². The Bertz CT molecular complexity index is 244. The molecule has 0 amide bonds. The Morgan fingerprint density at radius 2 is 1.93 bits per heavy atom. The highest BCUT2D eigenvalue weighted by Crippen LogP contribution is 2.34. The maximum atomic E-state index is 10.2. The van der Waals surface area contributed by atoms with E-state index in [1.54, 1.807) is 6.92 Å². The van der Waals surface area contributed by atoms with Gasteiger partial charge in [0.2, 0.25) is 0 Å². The average molecular weight is 242 g/mol. The molecule has 0 heterocycles. The van der Waals surface area contributed by atoms with Gasteiger partial charge in [-0.05, 0) is 6.92 Å². The van der Waals surface area contributed by atoms with E-state index >= 15 is 0 Å². The molecule has 0 aliphatic rings. The van der Waals surface area contributed by atoms with Crippen molar-refractivity contribution < 1.29 is 33.5 Å². The Morgan fingerprint density at radius 1 is 1.47 bits per heavy atom. The van der Waals surface area contributed by atoms with Crippen LogP contribution in [0.15, 0.2) is 12.2 Å². The monoisotopic (exact) mass is 242 g/mol. The Labute approximate surface area is 87.6 Å². The molecule has 0 unspecified atom stereocenters. The molecule has 0 aromatic heterocycles. The van der Waals surface area contributed by atoms with E-state index in [4.69, 9.17) is 14.9 Å². The van der Waals surface area contributed by atoms with Crippen molar-refractivity contribution >= 4 is 13.8 Å². The number of carbonyl (C=O) groups excluding carboxylic acids is 1. The molecule has 0 radical (unpaired) electrons. The quantitative estimate of drug-likeness (QED) is 0.356. The third-order valence-corrected chi connectivity index (χ3v) is 1.40. The molecule has 8 heteroatoms. The molecule has 0 saturated heterocycles. The highest BCUT2D eigenvalue weighted by molar-refractivity contribution is 7.46. The lowest BCUT2D eigenvalue weighted by Gasteiger charge is -2.00. The largest absolute Gasteiger partial charge is 0.469 e. The zero-order valence-electron chi connectivity index (χ0n) is 8.54. The number of aliphatic hydroxyl groups excluding tert-OH is 1. The summed E-state index contributed by atoms with van der Waals surface area (Å²) in [5.41, 5.74) is 0.433. The Hall–Kier alpha value is -0.720. The van der Waals surface area contributed by atoms with Crippen molar-refractivity contribution in [2.75, 3.05) is 20.3 Å². The van der Waals surface area contributed by atoms with Crippen LogP contribution in [0, 0.1) is 0 Å². The van der Waals surface area contributed by atoms with Gasteiger partial charge in [0.25, 0.3) is 0 Å². The lowest BCUT2D eigenvalue weighted by molar-refractivity contribution is -0.136. The molecule has 0 aromatic rings. The van der Waals surface area contributed by atoms with Gasteiger partial charge in [-0.2, -0.15) is 0 Å². The fourth-order valence-corrected chi connectivity index (χ4v) is 0.653. The fourth-order valence-electron chi connectivity index (χ4n) is 0.334. The predicted molar refractivity (Wildman–Crippen MR) is 51.9 cm³/mol. The van der Waals surface area contributed by atoms with Gasteiger partial charge in [-0.3, -0.25) is 4.52 Å². The Balaban J connectivity index is 0. The first-order valence-electron chi connectivity index (χ1n) is 3.79. The van der Waals surface area contributed by atoms with Gasteiger partial charge in [-0.25, -0.2) is 9.36 Å². The second-order valence-electron chi connectivity index (χ2n) is 2.32. The van der Waals surface area contributed by atoms with Crippen molar-refractivity contribution in [3.05, 3.63) is 12.2 Å². The maximum absolute atomic E-state index is 10.2. The molecule has 15 heavy (non-hydrogen) atoms. The summed E-state index contributed by atoms with van der Waals surface area (Å²) in [5, 5.41) is 7.96. The van der Waals surface area contributed by atoms with Crippen molar-refractivity contribution in [3.63, 3.8) is 0 Å². The fraction of sp³-hybridized carbons (Fsp3) is 0.571. The third kappa shape index (κ3) is 16.0. The van der Waals surface area contributed by atoms with Crippen LogP contribution in [0.5, 0.6) is 0 Å². The van der Waals surface area contributed by atoms with Crippen LogP contribution in [0.3, 0.4) is 0 Å². The first-order valence-corrected chi connectivity index (χ1v) is 5.32. The zero-order chi connectivity index (χ0) is 12.5. The molecule has 0 rings (SSSR count). The second kappa shape index (κ2) is 8.58. The molecule has 0 aliphatic heterocycles. The summed E-state index contributed by atoms with van der Waals surface area (Å²) >= 11 is 0. The van der Waals surface area contributed by atoms with Crippen molar-refractivity contribution in [2.24, 2.45) is 0 Å². The smallest absolute Gasteiger partial charge is 0.466 e. The topological polar surface area (TPSA) is 113 Å². The van der Waals surface area contributed by atoms with Crippen molar-refractivity contribution in [1.29, 1.82) is 0 Å². The Kier molecular flexibility index (Phi) is 9.55. The molecule has 0 aliphatic carbocycles. The number of esters is 1. The number of hydrogen-bond acceptors (Lipinski definition) is 5. The molecule has 3 N–H and O–H groups in total. The van der Waals surface area contributed by atoms with E-state index < -0.39 is 7.82 Å². The van der Waals surface area contributed by atoms with Gasteiger partial charge < -0.3 is 19.6 Å². The molecular weight excluding hydrogens is 227 g/mol. The summed E-state index contributed by atoms with van der Waals surface area (Å²) in [4.78, 5) is 26.0. The maximum Gasteiger partial charge on any atom is 0.469 e. The van der Waals surface area contributed by atoms with Crippen LogP contribution in [0.1, 0.15) is 6.92 Å². The average Bonchev–Trinajstić information content (AvgIpc) is 2.13. The summed E-state index contributed by atoms with van der Waals surface area (Å²) in [5.74, 6) is -0.347. The number of rotatable bonds is 4. The van der Waals surface area contributed by atoms with E-state index in [1.165, 1.54) is 7.11 Å². The number of phosphoric ester groups is 1. The Morgan fingerprint density at radius 3 is 2.00 bits per heavy atom. The highest BCUT2D eigenvalue weighted by Gasteiger charge is 2.11. The number of methoxy groups -OCH3 is 1. The molecule has 90 valence electrons. The zero-order valence-corrected chi connectivity index (χ0v) is 9.44. The van der Waals surface area contributed by atoms with Crippen LogP contribution in [0.2, 0.25) is 0 Å². The third-order valence-electron chi connectivity index (χ3n) is 0.885. The van der Waals surface area contributed by atoms with Gasteiger partial charge in [0.15, 0.2) is 0 Å². The van der Waals surface area contributed by atoms with Gasteiger partial charge in [-0.1, -0.05) is 6.58 Å². The first-order chi connectivity index (χ1) is 6.74. The van der Waals surface area contributed by atoms with E-state index in [0.29, 0.717) is 5.57 Å². The van der Waals surface area contributed by atoms with Crippen molar-refractivity contribution in [1.82, 2.24) is 0 Å². The summed E-state index contributed by atoms with van der Waals surface area (Å²) < 4.78 is 17.8. The van der Waals surface area contributed by atoms with Gasteiger partial charge in [0, 0.05) is 5.57 Å². The van der Waals surface area contributed by atoms with Gasteiger partial charge in [0.05, 0.1) is 20.3 Å². The standard InChI is InChI=1S/C5H8O2.C2H7O5P/c1-4(2)5(6)7-3;3-1-2-7-8(4,5)6/h1H2,2-3H3;3H,1-2H2,(H2,4,5,6). The normalized spacial score (nSPS) is 9.93. The number of hydrogen-bond donors (Lipinski definition) is 3. The van der Waals surface area contributed by atoms with E-state index in [9.17, 15) is 9.36 Å². The molecular formula is C7H15O7P. The van der Waals surface area contributed by atoms with E-state index in [-0.39, 0.29) is 19.2 Å². The number of ether oxygens (including phenoxy) is 1. The summed E-state index contributed by atoms with van der Waals surface area (Å²) in [6.45, 7) is 4.24. The number of phosphoric acid groups is 1. The summed E-state index contributed by atoms with van der Waals surface area (Å²) in [7, 11) is -3.01. The van der Waals surface area contributed by atoms with Crippen LogP contribution in [0.25, 0.3) is 0 Å². The van der Waals surface area contributed by atoms with Crippen molar-refractivity contribution in [2.45, 2.75) is 6.92 Å². The lowest BCUT2D eigenvalue weighted by atomic mass is 10.4. The molecule has 0 saturated carbocycles. The molecule has 0 bridgehead atoms. The van der Waals surface area contributed by atoms with Gasteiger partial charge in [-0.15, -0.1) is 0 Å². The molecule has 0 aromatic carbocycles. The molecule has 7 nitrogen and oxygen atoms in total. The van der Waals surface area contributed by atoms with Crippen molar-refractivity contribution in [3.8, 4) is 0 Å². The van der Waals surface area contributed by atoms with E-state index in [2.05, 4.69) is 15.8 Å². The van der Waals surface area contributed by atoms with E-state index in [1.807, 2.05) is 0 Å².